The van der Waals surface area contributed by atoms with Crippen LogP contribution in [-0.4, -0.2) is 4.98 Å². The largest absolute Gasteiger partial charge is 0.324 e. The van der Waals surface area contributed by atoms with E-state index >= 15 is 0 Å². The minimum atomic E-state index is 0.161. The molecule has 60 valence electrons. The second-order valence-corrected chi connectivity index (χ2v) is 2.68. The van der Waals surface area contributed by atoms with Gasteiger partial charge in [-0.25, -0.2) is 0 Å². The molecule has 11 heavy (non-hydrogen) atoms. The van der Waals surface area contributed by atoms with Gasteiger partial charge in [-0.15, -0.1) is 0 Å². The Bertz CT molecular complexity index is 196. The predicted octanol–water partition coefficient (Wildman–Crippen LogP) is 1.88. The fourth-order valence-electron chi connectivity index (χ4n) is 1.07. The van der Waals surface area contributed by atoms with Gasteiger partial charge in [-0.2, -0.15) is 0 Å². The lowest BCUT2D eigenvalue weighted by molar-refractivity contribution is 0.636. The number of pyridine rings is 1. The average molecular weight is 150 g/mol. The molecule has 0 aromatic carbocycles. The average Bonchev–Trinajstić information content (AvgIpc) is 2.07. The van der Waals surface area contributed by atoms with Gasteiger partial charge in [0.25, 0.3) is 0 Å². The van der Waals surface area contributed by atoms with E-state index in [0.717, 1.165) is 18.4 Å². The molecule has 0 unspecified atom stereocenters. The highest BCUT2D eigenvalue weighted by Gasteiger charge is 2.02. The second-order valence-electron chi connectivity index (χ2n) is 2.68. The fraction of sp³-hybridized carbons (Fsp3) is 0.444. The molecule has 2 N–H and O–H groups in total. The normalized spacial score (nSPS) is 12.9. The topological polar surface area (TPSA) is 38.9 Å². The molecule has 0 saturated heterocycles. The highest BCUT2D eigenvalue weighted by atomic mass is 14.7. The Morgan fingerprint density at radius 1 is 1.64 bits per heavy atom. The van der Waals surface area contributed by atoms with E-state index in [2.05, 4.69) is 11.9 Å². The zero-order valence-electron chi connectivity index (χ0n) is 6.83. The van der Waals surface area contributed by atoms with Crippen LogP contribution >= 0.6 is 0 Å². The first kappa shape index (κ1) is 8.21. The molecule has 0 radical (unpaired) electrons. The van der Waals surface area contributed by atoms with Crippen LogP contribution in [0.15, 0.2) is 24.5 Å². The molecule has 0 fully saturated rings. The summed E-state index contributed by atoms with van der Waals surface area (Å²) in [4.78, 5) is 4.01. The summed E-state index contributed by atoms with van der Waals surface area (Å²) in [5.74, 6) is 0. The molecule has 0 bridgehead atoms. The van der Waals surface area contributed by atoms with Gasteiger partial charge in [-0.05, 0) is 18.1 Å². The molecule has 1 rings (SSSR count). The molecule has 1 aromatic heterocycles. The number of hydrogen-bond acceptors (Lipinski definition) is 2. The molecule has 0 saturated carbocycles. The van der Waals surface area contributed by atoms with E-state index in [-0.39, 0.29) is 6.04 Å². The van der Waals surface area contributed by atoms with Crippen LogP contribution in [0.5, 0.6) is 0 Å². The maximum atomic E-state index is 5.87. The zero-order valence-corrected chi connectivity index (χ0v) is 6.83. The lowest BCUT2D eigenvalue weighted by Gasteiger charge is -2.08. The summed E-state index contributed by atoms with van der Waals surface area (Å²) < 4.78 is 0. The van der Waals surface area contributed by atoms with Crippen LogP contribution in [-0.2, 0) is 0 Å². The fourth-order valence-corrected chi connectivity index (χ4v) is 1.07. The molecule has 0 amide bonds. The Balaban J connectivity index is 2.61. The highest BCUT2D eigenvalue weighted by Crippen LogP contribution is 2.12. The van der Waals surface area contributed by atoms with Crippen molar-refractivity contribution in [3.8, 4) is 0 Å². The Morgan fingerprint density at radius 2 is 2.45 bits per heavy atom. The van der Waals surface area contributed by atoms with Crippen LogP contribution in [0.4, 0.5) is 0 Å². The molecule has 1 aromatic rings. The van der Waals surface area contributed by atoms with Gasteiger partial charge in [0.05, 0.1) is 0 Å². The predicted molar refractivity (Wildman–Crippen MR) is 46.1 cm³/mol. The highest BCUT2D eigenvalue weighted by molar-refractivity contribution is 5.12. The summed E-state index contributed by atoms with van der Waals surface area (Å²) in [7, 11) is 0. The number of nitrogens with two attached hydrogens (primary N) is 1. The number of nitrogens with zero attached hydrogens (tertiary/aromatic N) is 1. The lowest BCUT2D eigenvalue weighted by Crippen LogP contribution is -2.09. The first-order valence-electron chi connectivity index (χ1n) is 4.00. The van der Waals surface area contributed by atoms with Crippen LogP contribution in [0.3, 0.4) is 0 Å². The lowest BCUT2D eigenvalue weighted by atomic mass is 10.1. The van der Waals surface area contributed by atoms with E-state index in [1.54, 1.807) is 6.20 Å². The van der Waals surface area contributed by atoms with Gasteiger partial charge in [0, 0.05) is 18.4 Å². The minimum Gasteiger partial charge on any atom is -0.324 e. The summed E-state index contributed by atoms with van der Waals surface area (Å²) in [6.07, 6.45) is 5.75. The van der Waals surface area contributed by atoms with Crippen molar-refractivity contribution in [3.05, 3.63) is 30.1 Å². The summed E-state index contributed by atoms with van der Waals surface area (Å²) in [5, 5.41) is 0. The molecule has 2 nitrogen and oxygen atoms in total. The zero-order chi connectivity index (χ0) is 8.10. The molecule has 1 heterocycles. The van der Waals surface area contributed by atoms with Gasteiger partial charge in [0.15, 0.2) is 0 Å². The molecule has 1 atom stereocenters. The first-order chi connectivity index (χ1) is 5.34. The van der Waals surface area contributed by atoms with Crippen LogP contribution in [0.25, 0.3) is 0 Å². The van der Waals surface area contributed by atoms with Crippen molar-refractivity contribution in [2.75, 3.05) is 0 Å². The van der Waals surface area contributed by atoms with Crippen LogP contribution in [0, 0.1) is 0 Å². The van der Waals surface area contributed by atoms with E-state index in [4.69, 9.17) is 5.73 Å². The monoisotopic (exact) mass is 150 g/mol. The van der Waals surface area contributed by atoms with Gasteiger partial charge in [0.2, 0.25) is 0 Å². The van der Waals surface area contributed by atoms with E-state index in [1.165, 1.54) is 0 Å². The number of aromatic nitrogens is 1. The summed E-state index contributed by atoms with van der Waals surface area (Å²) in [5.41, 5.74) is 7.00. The van der Waals surface area contributed by atoms with E-state index in [9.17, 15) is 0 Å². The minimum absolute atomic E-state index is 0.161. The molecular formula is C9H14N2. The third-order valence-electron chi connectivity index (χ3n) is 1.71. The standard InChI is InChI=1S/C9H14N2/c1-2-4-9(10)8-5-3-6-11-7-8/h3,5-7,9H,2,4,10H2,1H3/t9-/m1/s1. The van der Waals surface area contributed by atoms with E-state index in [0.29, 0.717) is 0 Å². The molecular weight excluding hydrogens is 136 g/mol. The molecule has 2 heteroatoms. The van der Waals surface area contributed by atoms with Gasteiger partial charge in [-0.1, -0.05) is 19.4 Å². The van der Waals surface area contributed by atoms with Crippen LogP contribution in [0.2, 0.25) is 0 Å². The van der Waals surface area contributed by atoms with Crippen LogP contribution in [0.1, 0.15) is 31.4 Å². The molecule has 0 aliphatic rings. The van der Waals surface area contributed by atoms with Crippen molar-refractivity contribution in [1.29, 1.82) is 0 Å². The van der Waals surface area contributed by atoms with Crippen molar-refractivity contribution >= 4 is 0 Å². The Kier molecular flexibility index (Phi) is 3.05. The maximum absolute atomic E-state index is 5.87. The molecule has 0 spiro atoms. The molecule has 0 aliphatic carbocycles. The van der Waals surface area contributed by atoms with Crippen molar-refractivity contribution in [3.63, 3.8) is 0 Å². The third kappa shape index (κ3) is 2.31. The van der Waals surface area contributed by atoms with Gasteiger partial charge in [0.1, 0.15) is 0 Å². The quantitative estimate of drug-likeness (QED) is 0.714. The van der Waals surface area contributed by atoms with E-state index < -0.39 is 0 Å². The third-order valence-corrected chi connectivity index (χ3v) is 1.71. The first-order valence-corrected chi connectivity index (χ1v) is 4.00. The smallest absolute Gasteiger partial charge is 0.0315 e. The Hall–Kier alpha value is -0.890. The molecule has 0 aliphatic heterocycles. The SMILES string of the molecule is CCC[C@@H](N)c1cccnc1. The van der Waals surface area contributed by atoms with Crippen molar-refractivity contribution in [2.24, 2.45) is 5.73 Å². The Labute approximate surface area is 67.5 Å². The second kappa shape index (κ2) is 4.09. The summed E-state index contributed by atoms with van der Waals surface area (Å²) in [6, 6.07) is 4.10. The number of hydrogen-bond donors (Lipinski definition) is 1. The van der Waals surface area contributed by atoms with Gasteiger partial charge < -0.3 is 5.73 Å². The van der Waals surface area contributed by atoms with Gasteiger partial charge in [-0.3, -0.25) is 4.98 Å². The maximum Gasteiger partial charge on any atom is 0.0315 e. The van der Waals surface area contributed by atoms with Crippen LogP contribution < -0.4 is 5.73 Å². The van der Waals surface area contributed by atoms with Crippen molar-refractivity contribution in [2.45, 2.75) is 25.8 Å². The summed E-state index contributed by atoms with van der Waals surface area (Å²) in [6.45, 7) is 2.14. The number of rotatable bonds is 3. The Morgan fingerprint density at radius 3 is 3.00 bits per heavy atom. The summed E-state index contributed by atoms with van der Waals surface area (Å²) >= 11 is 0. The van der Waals surface area contributed by atoms with Gasteiger partial charge >= 0.3 is 0 Å². The van der Waals surface area contributed by atoms with Crippen molar-refractivity contribution < 1.29 is 0 Å². The van der Waals surface area contributed by atoms with E-state index in [1.807, 2.05) is 18.3 Å². The van der Waals surface area contributed by atoms with Crippen molar-refractivity contribution in [1.82, 2.24) is 4.98 Å².